The zero-order valence-corrected chi connectivity index (χ0v) is 16.9. The molecule has 1 amide bonds. The summed E-state index contributed by atoms with van der Waals surface area (Å²) in [6.07, 6.45) is 3.87. The minimum Gasteiger partial charge on any atom is -0.507 e. The molecule has 5 rings (SSSR count). The van der Waals surface area contributed by atoms with Gasteiger partial charge in [-0.1, -0.05) is 6.07 Å². The molecule has 1 fully saturated rings. The quantitative estimate of drug-likeness (QED) is 0.393. The predicted octanol–water partition coefficient (Wildman–Crippen LogP) is 3.51. The van der Waals surface area contributed by atoms with Gasteiger partial charge >= 0.3 is 0 Å². The van der Waals surface area contributed by atoms with Crippen LogP contribution in [0.25, 0.3) is 5.76 Å². The number of fused-ring (bicyclic) bond motifs is 1. The summed E-state index contributed by atoms with van der Waals surface area (Å²) in [5.74, 6) is -1.03. The van der Waals surface area contributed by atoms with Crippen molar-refractivity contribution in [2.24, 2.45) is 0 Å². The lowest BCUT2D eigenvalue weighted by molar-refractivity contribution is -0.132. The van der Waals surface area contributed by atoms with Gasteiger partial charge in [0.05, 0.1) is 29.9 Å². The summed E-state index contributed by atoms with van der Waals surface area (Å²) < 4.78 is 5.52. The highest BCUT2D eigenvalue weighted by atomic mass is 16.5. The minimum absolute atomic E-state index is 0.00812. The third-order valence-corrected chi connectivity index (χ3v) is 5.68. The number of aliphatic hydroxyl groups excluding tert-OH is 1. The Hall–Kier alpha value is -4.44. The Morgan fingerprint density at radius 1 is 1.16 bits per heavy atom. The fourth-order valence-electron chi connectivity index (χ4n) is 4.14. The van der Waals surface area contributed by atoms with Gasteiger partial charge in [0, 0.05) is 30.1 Å². The van der Waals surface area contributed by atoms with E-state index in [2.05, 4.69) is 4.98 Å². The maximum Gasteiger partial charge on any atom is 0.300 e. The molecule has 2 aromatic carbocycles. The fraction of sp³-hybridized carbons (Fsp3) is 0.120. The molecule has 7 nitrogen and oxygen atoms in total. The van der Waals surface area contributed by atoms with E-state index in [1.807, 2.05) is 6.07 Å². The highest BCUT2D eigenvalue weighted by Crippen LogP contribution is 2.42. The molecule has 2 aliphatic heterocycles. The third-order valence-electron chi connectivity index (χ3n) is 5.68. The molecule has 3 heterocycles. The zero-order valence-electron chi connectivity index (χ0n) is 16.9. The summed E-state index contributed by atoms with van der Waals surface area (Å²) in [7, 11) is 0. The van der Waals surface area contributed by atoms with Crippen LogP contribution in [0.4, 0.5) is 5.69 Å². The van der Waals surface area contributed by atoms with Gasteiger partial charge in [-0.25, -0.2) is 0 Å². The number of hydrogen-bond donors (Lipinski definition) is 1. The van der Waals surface area contributed by atoms with E-state index in [4.69, 9.17) is 10.00 Å². The Balaban J connectivity index is 1.68. The van der Waals surface area contributed by atoms with Crippen LogP contribution in [0.1, 0.15) is 28.3 Å². The second-order valence-electron chi connectivity index (χ2n) is 7.54. The van der Waals surface area contributed by atoms with Crippen LogP contribution in [0.3, 0.4) is 0 Å². The van der Waals surface area contributed by atoms with Crippen LogP contribution in [0.5, 0.6) is 5.75 Å². The molecule has 7 heteroatoms. The van der Waals surface area contributed by atoms with Gasteiger partial charge in [0.15, 0.2) is 0 Å². The van der Waals surface area contributed by atoms with Crippen molar-refractivity contribution in [2.45, 2.75) is 12.5 Å². The zero-order chi connectivity index (χ0) is 22.2. The number of rotatable bonds is 3. The summed E-state index contributed by atoms with van der Waals surface area (Å²) in [6.45, 7) is 0.568. The molecule has 0 spiro atoms. The number of carbonyl (C=O) groups excluding carboxylic acids is 2. The lowest BCUT2D eigenvalue weighted by Gasteiger charge is -2.25. The number of nitriles is 1. The van der Waals surface area contributed by atoms with Crippen molar-refractivity contribution in [1.29, 1.82) is 5.26 Å². The van der Waals surface area contributed by atoms with E-state index in [0.29, 0.717) is 35.4 Å². The Kier molecular flexibility index (Phi) is 4.68. The predicted molar refractivity (Wildman–Crippen MR) is 116 cm³/mol. The van der Waals surface area contributed by atoms with E-state index in [0.717, 1.165) is 11.3 Å². The highest BCUT2D eigenvalue weighted by molar-refractivity contribution is 6.51. The Morgan fingerprint density at radius 2 is 1.97 bits per heavy atom. The van der Waals surface area contributed by atoms with Crippen LogP contribution in [-0.4, -0.2) is 28.4 Å². The number of Topliss-reactive ketones (excluding diaryl/α,β-unsaturated/α-hetero) is 1. The summed E-state index contributed by atoms with van der Waals surface area (Å²) in [6, 6.07) is 16.2. The number of ketones is 1. The SMILES string of the molecule is N#Cc1ccc(N2C(=O)C(=O)/C(=C(\O)c3ccc4c(c3)CCO4)C2c2cccnc2)cc1. The van der Waals surface area contributed by atoms with Crippen molar-refractivity contribution in [3.63, 3.8) is 0 Å². The molecule has 1 saturated heterocycles. The summed E-state index contributed by atoms with van der Waals surface area (Å²) >= 11 is 0. The number of pyridine rings is 1. The monoisotopic (exact) mass is 423 g/mol. The second-order valence-corrected chi connectivity index (χ2v) is 7.54. The number of aliphatic hydroxyl groups is 1. The molecule has 0 radical (unpaired) electrons. The Morgan fingerprint density at radius 3 is 2.69 bits per heavy atom. The molecular formula is C25H17N3O4. The molecule has 156 valence electrons. The minimum atomic E-state index is -0.860. The van der Waals surface area contributed by atoms with Crippen molar-refractivity contribution < 1.29 is 19.4 Å². The first kappa shape index (κ1) is 19.5. The smallest absolute Gasteiger partial charge is 0.300 e. The van der Waals surface area contributed by atoms with Gasteiger partial charge in [0.1, 0.15) is 11.5 Å². The summed E-state index contributed by atoms with van der Waals surface area (Å²) in [4.78, 5) is 31.7. The Bertz CT molecular complexity index is 1310. The first-order chi connectivity index (χ1) is 15.6. The fourth-order valence-corrected chi connectivity index (χ4v) is 4.14. The number of hydrogen-bond acceptors (Lipinski definition) is 6. The van der Waals surface area contributed by atoms with Crippen molar-refractivity contribution in [3.05, 3.63) is 94.8 Å². The number of ether oxygens (including phenoxy) is 1. The first-order valence-corrected chi connectivity index (χ1v) is 10.1. The average Bonchev–Trinajstić information content (AvgIpc) is 3.41. The molecule has 0 saturated carbocycles. The lowest BCUT2D eigenvalue weighted by atomic mass is 9.95. The molecule has 3 aromatic rings. The van der Waals surface area contributed by atoms with Gasteiger partial charge in [-0.2, -0.15) is 5.26 Å². The average molecular weight is 423 g/mol. The maximum absolute atomic E-state index is 13.1. The molecule has 0 aliphatic carbocycles. The van der Waals surface area contributed by atoms with E-state index in [9.17, 15) is 14.7 Å². The van der Waals surface area contributed by atoms with Crippen LogP contribution in [0.2, 0.25) is 0 Å². The van der Waals surface area contributed by atoms with Gasteiger partial charge < -0.3 is 9.84 Å². The molecule has 32 heavy (non-hydrogen) atoms. The number of amides is 1. The van der Waals surface area contributed by atoms with E-state index in [1.54, 1.807) is 67.0 Å². The van der Waals surface area contributed by atoms with Crippen LogP contribution in [0.15, 0.2) is 72.6 Å². The molecule has 2 aliphatic rings. The molecule has 1 aromatic heterocycles. The molecule has 0 bridgehead atoms. The molecule has 1 unspecified atom stereocenters. The van der Waals surface area contributed by atoms with Crippen LogP contribution < -0.4 is 9.64 Å². The number of anilines is 1. The summed E-state index contributed by atoms with van der Waals surface area (Å²) in [5.41, 5.74) is 2.84. The number of nitrogens with zero attached hydrogens (tertiary/aromatic N) is 3. The maximum atomic E-state index is 13.1. The largest absolute Gasteiger partial charge is 0.507 e. The first-order valence-electron chi connectivity index (χ1n) is 10.1. The van der Waals surface area contributed by atoms with Gasteiger partial charge in [-0.15, -0.1) is 0 Å². The van der Waals surface area contributed by atoms with Crippen molar-refractivity contribution >= 4 is 23.1 Å². The van der Waals surface area contributed by atoms with Crippen LogP contribution >= 0.6 is 0 Å². The summed E-state index contributed by atoms with van der Waals surface area (Å²) in [5, 5.41) is 20.3. The van der Waals surface area contributed by atoms with Crippen molar-refractivity contribution in [2.75, 3.05) is 11.5 Å². The normalized spacial score (nSPS) is 18.8. The second kappa shape index (κ2) is 7.67. The molecule has 1 N–H and O–H groups in total. The topological polar surface area (TPSA) is 104 Å². The molecular weight excluding hydrogens is 406 g/mol. The van der Waals surface area contributed by atoms with Gasteiger partial charge in [-0.05, 0) is 59.7 Å². The number of benzene rings is 2. The van der Waals surface area contributed by atoms with Gasteiger partial charge in [0.25, 0.3) is 11.7 Å². The Labute approximate surface area is 183 Å². The van der Waals surface area contributed by atoms with Crippen LogP contribution in [0, 0.1) is 11.3 Å². The van der Waals surface area contributed by atoms with E-state index < -0.39 is 17.7 Å². The number of carbonyl (C=O) groups is 2. The van der Waals surface area contributed by atoms with Gasteiger partial charge in [-0.3, -0.25) is 19.5 Å². The number of aromatic nitrogens is 1. The van der Waals surface area contributed by atoms with E-state index in [-0.39, 0.29) is 11.3 Å². The van der Waals surface area contributed by atoms with E-state index in [1.165, 1.54) is 4.90 Å². The third kappa shape index (κ3) is 3.10. The van der Waals surface area contributed by atoms with Crippen molar-refractivity contribution in [1.82, 2.24) is 4.98 Å². The lowest BCUT2D eigenvalue weighted by Crippen LogP contribution is -2.29. The van der Waals surface area contributed by atoms with Crippen LogP contribution in [-0.2, 0) is 16.0 Å². The van der Waals surface area contributed by atoms with Gasteiger partial charge in [0.2, 0.25) is 0 Å². The van der Waals surface area contributed by atoms with E-state index >= 15 is 0 Å². The van der Waals surface area contributed by atoms with Crippen molar-refractivity contribution in [3.8, 4) is 11.8 Å². The molecule has 1 atom stereocenters. The highest BCUT2D eigenvalue weighted by Gasteiger charge is 2.47. The standard InChI is InChI=1S/C25H17N3O4/c26-13-15-3-6-19(7-4-15)28-22(18-2-1-10-27-14-18)21(24(30)25(28)31)23(29)17-5-8-20-16(12-17)9-11-32-20/h1-8,10,12,14,22,29H,9,11H2/b23-21-.